The summed E-state index contributed by atoms with van der Waals surface area (Å²) in [6.45, 7) is 8.64. The third-order valence-corrected chi connectivity index (χ3v) is 14.8. The van der Waals surface area contributed by atoms with E-state index in [0.29, 0.717) is 25.7 Å². The van der Waals surface area contributed by atoms with Crippen molar-refractivity contribution in [1.82, 2.24) is 0 Å². The van der Waals surface area contributed by atoms with E-state index in [-0.39, 0.29) is 32.3 Å². The normalized spacial score (nSPS) is 17.8. The van der Waals surface area contributed by atoms with Crippen molar-refractivity contribution in [2.75, 3.05) is 6.61 Å². The lowest BCUT2D eigenvalue weighted by molar-refractivity contribution is -0.297. The number of aliphatic hydroxyl groups is 1. The van der Waals surface area contributed by atoms with Gasteiger partial charge in [0, 0.05) is 25.7 Å². The fourth-order valence-corrected chi connectivity index (χ4v) is 10.0. The molecule has 5 atom stereocenters. The van der Waals surface area contributed by atoms with E-state index in [1.54, 1.807) is 0 Å². The molecule has 1 heterocycles. The zero-order valence-corrected chi connectivity index (χ0v) is 47.7. The number of carbonyl (C=O) groups is 4. The zero-order chi connectivity index (χ0) is 52.4. The van der Waals surface area contributed by atoms with Gasteiger partial charge in [-0.05, 0) is 25.7 Å². The van der Waals surface area contributed by atoms with Gasteiger partial charge in [0.25, 0.3) is 0 Å². The van der Waals surface area contributed by atoms with Gasteiger partial charge in [-0.1, -0.05) is 285 Å². The van der Waals surface area contributed by atoms with Gasteiger partial charge < -0.3 is 28.8 Å². The summed E-state index contributed by atoms with van der Waals surface area (Å²) in [7, 11) is 0. The second-order valence-electron chi connectivity index (χ2n) is 21.8. The second-order valence-corrected chi connectivity index (χ2v) is 21.8. The van der Waals surface area contributed by atoms with Crippen LogP contribution >= 0.6 is 0 Å². The summed E-state index contributed by atoms with van der Waals surface area (Å²) in [6, 6.07) is 0. The Bertz CT molecular complexity index is 1240. The third kappa shape index (κ3) is 40.2. The number of hydrogen-bond acceptors (Lipinski definition) is 10. The van der Waals surface area contributed by atoms with E-state index < -0.39 is 54.6 Å². The molecule has 0 radical (unpaired) electrons. The molecule has 0 bridgehead atoms. The molecule has 0 aromatic heterocycles. The van der Waals surface area contributed by atoms with Gasteiger partial charge in [0.05, 0.1) is 0 Å². The predicted octanol–water partition coefficient (Wildman–Crippen LogP) is 17.8. The van der Waals surface area contributed by atoms with E-state index in [4.69, 9.17) is 23.7 Å². The van der Waals surface area contributed by atoms with Gasteiger partial charge in [-0.2, -0.15) is 0 Å². The summed E-state index contributed by atoms with van der Waals surface area (Å²) in [5.74, 6) is -1.95. The van der Waals surface area contributed by atoms with Crippen molar-refractivity contribution in [3.8, 4) is 0 Å². The van der Waals surface area contributed by atoms with Gasteiger partial charge in [0.1, 0.15) is 12.7 Å². The minimum Gasteiger partial charge on any atom is -0.463 e. The van der Waals surface area contributed by atoms with E-state index in [0.717, 1.165) is 77.0 Å². The summed E-state index contributed by atoms with van der Waals surface area (Å²) in [5.41, 5.74) is 0. The molecule has 1 aliphatic heterocycles. The molecule has 0 aromatic rings. The first-order chi connectivity index (χ1) is 35.3. The molecule has 0 saturated carbocycles. The first-order valence-corrected chi connectivity index (χ1v) is 31.3. The van der Waals surface area contributed by atoms with Crippen LogP contribution in [0.15, 0.2) is 0 Å². The van der Waals surface area contributed by atoms with Gasteiger partial charge in [-0.25, -0.2) is 0 Å². The molecule has 1 rings (SSSR count). The van der Waals surface area contributed by atoms with E-state index in [9.17, 15) is 24.3 Å². The van der Waals surface area contributed by atoms with Crippen LogP contribution in [0.3, 0.4) is 0 Å². The maximum absolute atomic E-state index is 13.7. The maximum atomic E-state index is 13.7. The SMILES string of the molecule is CCCCCCCCCCCCCC(=O)OC[C@H]1OC(O)[C@H](OC(=O)CCCCCCCCCCCCC)[C@@H](OC(=O)CCCCCCCCCCCCC)[C@@H]1OC(=O)CCCCCCCCCCCCC. The molecule has 1 saturated heterocycles. The van der Waals surface area contributed by atoms with Gasteiger partial charge in [0.2, 0.25) is 0 Å². The molecular weight excluding hydrogens is 905 g/mol. The van der Waals surface area contributed by atoms with Crippen LogP contribution in [0.25, 0.3) is 0 Å². The molecule has 0 spiro atoms. The Morgan fingerprint density at radius 1 is 0.306 bits per heavy atom. The fourth-order valence-electron chi connectivity index (χ4n) is 10.0. The van der Waals surface area contributed by atoms with Crippen LogP contribution < -0.4 is 0 Å². The highest BCUT2D eigenvalue weighted by molar-refractivity contribution is 5.72. The summed E-state index contributed by atoms with van der Waals surface area (Å²) in [6.07, 6.45) is 44.5. The van der Waals surface area contributed by atoms with E-state index in [2.05, 4.69) is 27.7 Å². The minimum absolute atomic E-state index is 0.141. The molecule has 0 aliphatic carbocycles. The average Bonchev–Trinajstić information content (AvgIpc) is 3.37. The van der Waals surface area contributed by atoms with E-state index in [1.165, 1.54) is 180 Å². The maximum Gasteiger partial charge on any atom is 0.306 e. The summed E-state index contributed by atoms with van der Waals surface area (Å²) in [4.78, 5) is 53.8. The Morgan fingerprint density at radius 3 is 0.806 bits per heavy atom. The number of rotatable bonds is 53. The molecular formula is C62H116O10. The van der Waals surface area contributed by atoms with Crippen molar-refractivity contribution in [3.63, 3.8) is 0 Å². The summed E-state index contributed by atoms with van der Waals surface area (Å²) < 4.78 is 29.9. The first kappa shape index (κ1) is 67.8. The van der Waals surface area contributed by atoms with Crippen molar-refractivity contribution >= 4 is 23.9 Å². The van der Waals surface area contributed by atoms with Gasteiger partial charge in [-0.3, -0.25) is 19.2 Å². The van der Waals surface area contributed by atoms with Crippen molar-refractivity contribution < 1.29 is 48.0 Å². The monoisotopic (exact) mass is 1020 g/mol. The molecule has 1 N–H and O–H groups in total. The highest BCUT2D eigenvalue weighted by Crippen LogP contribution is 2.30. The molecule has 0 amide bonds. The minimum atomic E-state index is -1.69. The molecule has 72 heavy (non-hydrogen) atoms. The molecule has 1 fully saturated rings. The van der Waals surface area contributed by atoms with Crippen LogP contribution in [-0.2, 0) is 42.9 Å². The second kappa shape index (κ2) is 50.9. The van der Waals surface area contributed by atoms with Crippen molar-refractivity contribution in [1.29, 1.82) is 0 Å². The van der Waals surface area contributed by atoms with Crippen molar-refractivity contribution in [2.45, 2.75) is 367 Å². The number of ether oxygens (including phenoxy) is 5. The Morgan fingerprint density at radius 2 is 0.528 bits per heavy atom. The molecule has 10 heteroatoms. The number of carbonyl (C=O) groups excluding carboxylic acids is 4. The van der Waals surface area contributed by atoms with E-state index >= 15 is 0 Å². The fraction of sp³-hybridized carbons (Fsp3) is 0.935. The van der Waals surface area contributed by atoms with Crippen LogP contribution in [0.4, 0.5) is 0 Å². The van der Waals surface area contributed by atoms with Crippen LogP contribution in [0.2, 0.25) is 0 Å². The first-order valence-electron chi connectivity index (χ1n) is 31.3. The standard InChI is InChI=1S/C62H116O10/c1-5-9-13-17-21-25-29-33-37-41-45-49-55(63)68-53-54-59(70-56(64)50-46-42-38-34-30-26-22-18-14-10-6-2)60(71-57(65)51-47-43-39-35-31-27-23-19-15-11-7-3)61(62(67)69-54)72-58(66)52-48-44-40-36-32-28-24-20-16-12-8-4/h54,59-62,67H,5-53H2,1-4H3/t54-,59-,60+,61-,62?/m1/s1. The van der Waals surface area contributed by atoms with Crippen LogP contribution in [0.1, 0.15) is 336 Å². The quantitative estimate of drug-likeness (QED) is 0.0356. The van der Waals surface area contributed by atoms with Crippen molar-refractivity contribution in [2.24, 2.45) is 0 Å². The lowest BCUT2D eigenvalue weighted by Crippen LogP contribution is -2.62. The van der Waals surface area contributed by atoms with Gasteiger partial charge >= 0.3 is 23.9 Å². The van der Waals surface area contributed by atoms with Crippen LogP contribution in [-0.4, -0.2) is 66.3 Å². The number of unbranched alkanes of at least 4 members (excludes halogenated alkanes) is 40. The Labute approximate surface area is 443 Å². The lowest BCUT2D eigenvalue weighted by Gasteiger charge is -2.43. The molecule has 1 aliphatic rings. The molecule has 10 nitrogen and oxygen atoms in total. The number of hydrogen-bond donors (Lipinski definition) is 1. The topological polar surface area (TPSA) is 135 Å². The average molecular weight is 1020 g/mol. The Kier molecular flexibility index (Phi) is 48.0. The molecule has 1 unspecified atom stereocenters. The highest BCUT2D eigenvalue weighted by atomic mass is 16.7. The number of aliphatic hydroxyl groups excluding tert-OH is 1. The Balaban J connectivity index is 2.99. The number of esters is 4. The van der Waals surface area contributed by atoms with Gasteiger partial charge in [0.15, 0.2) is 24.6 Å². The van der Waals surface area contributed by atoms with Crippen molar-refractivity contribution in [3.05, 3.63) is 0 Å². The molecule has 424 valence electrons. The highest BCUT2D eigenvalue weighted by Gasteiger charge is 2.52. The largest absolute Gasteiger partial charge is 0.463 e. The zero-order valence-electron chi connectivity index (χ0n) is 47.7. The smallest absolute Gasteiger partial charge is 0.306 e. The third-order valence-electron chi connectivity index (χ3n) is 14.8. The Hall–Kier alpha value is -2.20. The van der Waals surface area contributed by atoms with E-state index in [1.807, 2.05) is 0 Å². The van der Waals surface area contributed by atoms with Gasteiger partial charge in [-0.15, -0.1) is 0 Å². The van der Waals surface area contributed by atoms with Crippen LogP contribution in [0, 0.1) is 0 Å². The lowest BCUT2D eigenvalue weighted by atomic mass is 9.97. The summed E-state index contributed by atoms with van der Waals surface area (Å²) in [5, 5.41) is 11.5. The molecule has 0 aromatic carbocycles. The predicted molar refractivity (Wildman–Crippen MR) is 296 cm³/mol. The summed E-state index contributed by atoms with van der Waals surface area (Å²) >= 11 is 0. The van der Waals surface area contributed by atoms with Crippen LogP contribution in [0.5, 0.6) is 0 Å².